The molecular weight excluding hydrogens is 619 g/mol. The maximum atomic E-state index is 14.2. The number of nitrogens with two attached hydrogens (primary N) is 1. The summed E-state index contributed by atoms with van der Waals surface area (Å²) in [5, 5.41) is 6.84. The largest absolute Gasteiger partial charge is 0.457 e. The number of rotatable bonds is 8. The third-order valence-electron chi connectivity index (χ3n) is 9.46. The van der Waals surface area contributed by atoms with Crippen LogP contribution in [0, 0.1) is 17.8 Å². The maximum absolute atomic E-state index is 14.2. The zero-order chi connectivity index (χ0) is 33.8. The van der Waals surface area contributed by atoms with Crippen molar-refractivity contribution >= 4 is 34.1 Å². The fraction of sp³-hybridized carbons (Fsp3) is 0.378. The standard InChI is InChI=1S/C36H35F3N4O3.CH5N/c37-36(38,39)32-18-27(10-9-26(32)21-43-16-14-22-3-1-5-25(22)20-43)41-35(45)31-6-2-4-24-17-28(11-12-30(24)31)46-29-13-15-40-33(19-29)42-34(44)23-7-8-23;1-2/h2,4,6,9-13,15,17-19,22-23,25H,1,3,5,7-8,14,16,20-21H2,(H,41,45)(H,40,42,44);2H2,1H3. The van der Waals surface area contributed by atoms with E-state index in [4.69, 9.17) is 4.74 Å². The second-order valence-corrected chi connectivity index (χ2v) is 12.7. The fourth-order valence-corrected chi connectivity index (χ4v) is 6.92. The smallest absolute Gasteiger partial charge is 0.416 e. The zero-order valence-electron chi connectivity index (χ0n) is 26.9. The van der Waals surface area contributed by atoms with Crippen LogP contribution in [-0.4, -0.2) is 41.8 Å². The van der Waals surface area contributed by atoms with Gasteiger partial charge >= 0.3 is 6.18 Å². The Morgan fingerprint density at radius 3 is 2.50 bits per heavy atom. The van der Waals surface area contributed by atoms with Crippen molar-refractivity contribution in [1.82, 2.24) is 9.88 Å². The molecule has 252 valence electrons. The Balaban J connectivity index is 0.00000197. The number of amides is 2. The number of hydrogen-bond donors (Lipinski definition) is 3. The van der Waals surface area contributed by atoms with Gasteiger partial charge < -0.3 is 21.1 Å². The number of ether oxygens (including phenoxy) is 1. The van der Waals surface area contributed by atoms with Crippen LogP contribution in [0.25, 0.3) is 10.8 Å². The van der Waals surface area contributed by atoms with Crippen molar-refractivity contribution in [3.63, 3.8) is 0 Å². The molecule has 7 rings (SSSR count). The third kappa shape index (κ3) is 7.79. The van der Waals surface area contributed by atoms with Crippen molar-refractivity contribution in [2.24, 2.45) is 23.5 Å². The fourth-order valence-electron chi connectivity index (χ4n) is 6.92. The highest BCUT2D eigenvalue weighted by Gasteiger charge is 2.36. The average Bonchev–Trinajstić information content (AvgIpc) is 3.83. The Kier molecular flexibility index (Phi) is 9.98. The van der Waals surface area contributed by atoms with Gasteiger partial charge in [-0.3, -0.25) is 14.5 Å². The van der Waals surface area contributed by atoms with E-state index < -0.39 is 17.6 Å². The van der Waals surface area contributed by atoms with E-state index in [0.29, 0.717) is 40.1 Å². The molecule has 1 aromatic heterocycles. The Bertz CT molecular complexity index is 1790. The number of carbonyl (C=O) groups excluding carboxylic acids is 2. The van der Waals surface area contributed by atoms with Crippen LogP contribution in [0.2, 0.25) is 0 Å². The normalized spacial score (nSPS) is 19.2. The minimum atomic E-state index is -4.55. The Hall–Kier alpha value is -4.48. The predicted octanol–water partition coefficient (Wildman–Crippen LogP) is 7.84. The number of nitrogens with zero attached hydrogens (tertiary/aromatic N) is 2. The number of likely N-dealkylation sites (tertiary alicyclic amines) is 1. The molecule has 4 N–H and O–H groups in total. The lowest BCUT2D eigenvalue weighted by atomic mass is 9.88. The van der Waals surface area contributed by atoms with Gasteiger partial charge in [0.25, 0.3) is 5.91 Å². The van der Waals surface area contributed by atoms with Crippen LogP contribution in [-0.2, 0) is 17.5 Å². The first-order valence-corrected chi connectivity index (χ1v) is 16.5. The number of fused-ring (bicyclic) bond motifs is 2. The molecule has 1 aliphatic heterocycles. The van der Waals surface area contributed by atoms with Crippen LogP contribution in [0.5, 0.6) is 11.5 Å². The monoisotopic (exact) mass is 659 g/mol. The first-order chi connectivity index (χ1) is 23.2. The number of alkyl halides is 3. The third-order valence-corrected chi connectivity index (χ3v) is 9.46. The second kappa shape index (κ2) is 14.3. The van der Waals surface area contributed by atoms with Crippen LogP contribution >= 0.6 is 0 Å². The van der Waals surface area contributed by atoms with Gasteiger partial charge in [-0.25, -0.2) is 4.98 Å². The molecule has 3 aliphatic rings. The van der Waals surface area contributed by atoms with E-state index in [1.165, 1.54) is 26.0 Å². The van der Waals surface area contributed by atoms with Gasteiger partial charge in [0.15, 0.2) is 0 Å². The molecule has 2 heterocycles. The number of nitrogens with one attached hydrogen (secondary N) is 2. The topological polar surface area (TPSA) is 110 Å². The molecule has 3 aromatic carbocycles. The van der Waals surface area contributed by atoms with Gasteiger partial charge in [0.1, 0.15) is 17.3 Å². The van der Waals surface area contributed by atoms with Crippen molar-refractivity contribution < 1.29 is 27.5 Å². The summed E-state index contributed by atoms with van der Waals surface area (Å²) in [5.74, 6) is 2.20. The SMILES string of the molecule is CN.O=C(Nc1ccc(CN2CCC3CCCC3C2)c(C(F)(F)F)c1)c1cccc2cc(Oc3ccnc(NC(=O)C4CC4)c3)ccc12. The van der Waals surface area contributed by atoms with E-state index >= 15 is 0 Å². The summed E-state index contributed by atoms with van der Waals surface area (Å²) >= 11 is 0. The molecule has 3 fully saturated rings. The van der Waals surface area contributed by atoms with E-state index in [9.17, 15) is 22.8 Å². The molecule has 2 saturated carbocycles. The Labute approximate surface area is 277 Å². The molecule has 0 bridgehead atoms. The van der Waals surface area contributed by atoms with Crippen molar-refractivity contribution in [1.29, 1.82) is 0 Å². The number of anilines is 2. The number of halogens is 3. The van der Waals surface area contributed by atoms with Crippen LogP contribution in [0.4, 0.5) is 24.7 Å². The van der Waals surface area contributed by atoms with Gasteiger partial charge in [0, 0.05) is 42.5 Å². The van der Waals surface area contributed by atoms with E-state index in [1.54, 1.807) is 54.7 Å². The summed E-state index contributed by atoms with van der Waals surface area (Å²) in [5.41, 5.74) is 4.43. The number of hydrogen-bond acceptors (Lipinski definition) is 6. The molecule has 2 aliphatic carbocycles. The highest BCUT2D eigenvalue weighted by Crippen LogP contribution is 2.40. The number of carbonyl (C=O) groups is 2. The molecule has 48 heavy (non-hydrogen) atoms. The summed E-state index contributed by atoms with van der Waals surface area (Å²) in [6.45, 7) is 1.90. The maximum Gasteiger partial charge on any atom is 0.416 e. The van der Waals surface area contributed by atoms with Crippen LogP contribution in [0.1, 0.15) is 60.0 Å². The second-order valence-electron chi connectivity index (χ2n) is 12.7. The number of pyridine rings is 1. The summed E-state index contributed by atoms with van der Waals surface area (Å²) in [7, 11) is 1.50. The van der Waals surface area contributed by atoms with E-state index in [-0.39, 0.29) is 29.6 Å². The highest BCUT2D eigenvalue weighted by molar-refractivity contribution is 6.13. The average molecular weight is 660 g/mol. The van der Waals surface area contributed by atoms with Crippen molar-refractivity contribution in [3.05, 3.63) is 89.6 Å². The molecule has 2 unspecified atom stereocenters. The lowest BCUT2D eigenvalue weighted by Gasteiger charge is -2.35. The molecule has 11 heteroatoms. The Morgan fingerprint density at radius 1 is 0.917 bits per heavy atom. The van der Waals surface area contributed by atoms with Gasteiger partial charge in [0.2, 0.25) is 5.91 Å². The minimum absolute atomic E-state index is 0.0495. The molecule has 4 aromatic rings. The summed E-state index contributed by atoms with van der Waals surface area (Å²) < 4.78 is 48.6. The molecule has 0 radical (unpaired) electrons. The van der Waals surface area contributed by atoms with Crippen LogP contribution in [0.3, 0.4) is 0 Å². The van der Waals surface area contributed by atoms with E-state index in [0.717, 1.165) is 50.2 Å². The Morgan fingerprint density at radius 2 is 1.71 bits per heavy atom. The molecule has 8 nitrogen and oxygen atoms in total. The van der Waals surface area contributed by atoms with Crippen LogP contribution in [0.15, 0.2) is 72.9 Å². The molecule has 1 saturated heterocycles. The highest BCUT2D eigenvalue weighted by atomic mass is 19.4. The molecular formula is C37H40F3N5O3. The van der Waals surface area contributed by atoms with Crippen molar-refractivity contribution in [2.45, 2.75) is 51.2 Å². The van der Waals surface area contributed by atoms with E-state index in [2.05, 4.69) is 26.3 Å². The first kappa shape index (κ1) is 33.4. The van der Waals surface area contributed by atoms with Gasteiger partial charge in [-0.15, -0.1) is 0 Å². The predicted molar refractivity (Wildman–Crippen MR) is 180 cm³/mol. The van der Waals surface area contributed by atoms with Crippen molar-refractivity contribution in [2.75, 3.05) is 30.8 Å². The molecule has 2 amide bonds. The summed E-state index contributed by atoms with van der Waals surface area (Å²) in [6, 6.07) is 17.8. The first-order valence-electron chi connectivity index (χ1n) is 16.5. The summed E-state index contributed by atoms with van der Waals surface area (Å²) in [6.07, 6.45) is 3.44. The van der Waals surface area contributed by atoms with Gasteiger partial charge in [0.05, 0.1) is 5.56 Å². The van der Waals surface area contributed by atoms with Gasteiger partial charge in [-0.05, 0) is 110 Å². The van der Waals surface area contributed by atoms with Crippen molar-refractivity contribution in [3.8, 4) is 11.5 Å². The molecule has 0 spiro atoms. The number of piperidine rings is 1. The quantitative estimate of drug-likeness (QED) is 0.178. The number of benzene rings is 3. The van der Waals surface area contributed by atoms with Gasteiger partial charge in [-0.1, -0.05) is 31.0 Å². The lowest BCUT2D eigenvalue weighted by Crippen LogP contribution is -2.38. The van der Waals surface area contributed by atoms with E-state index in [1.807, 2.05) is 6.07 Å². The summed E-state index contributed by atoms with van der Waals surface area (Å²) in [4.78, 5) is 31.8. The van der Waals surface area contributed by atoms with Gasteiger partial charge in [-0.2, -0.15) is 13.2 Å². The number of aromatic nitrogens is 1. The molecule has 2 atom stereocenters. The van der Waals surface area contributed by atoms with Crippen LogP contribution < -0.4 is 21.1 Å². The lowest BCUT2D eigenvalue weighted by molar-refractivity contribution is -0.138. The minimum Gasteiger partial charge on any atom is -0.457 e. The zero-order valence-corrected chi connectivity index (χ0v) is 26.9.